The maximum Gasteiger partial charge on any atom is 0.100 e. The zero-order valence-corrected chi connectivity index (χ0v) is 18.4. The fourth-order valence-electron chi connectivity index (χ4n) is 3.49. The Morgan fingerprint density at radius 1 is 0.654 bits per heavy atom. The number of hydrogen-bond acceptors (Lipinski definition) is 3. The third-order valence-electron chi connectivity index (χ3n) is 5.54. The summed E-state index contributed by atoms with van der Waals surface area (Å²) in [5.74, 6) is 3.27. The molecule has 0 aromatic heterocycles. The van der Waals surface area contributed by atoms with Crippen LogP contribution in [-0.2, 0) is 4.74 Å². The summed E-state index contributed by atoms with van der Waals surface area (Å²) < 4.78 is 5.39. The second-order valence-corrected chi connectivity index (χ2v) is 9.20. The first-order valence-electron chi connectivity index (χ1n) is 11.2. The van der Waals surface area contributed by atoms with Gasteiger partial charge in [-0.15, -0.1) is 0 Å². The van der Waals surface area contributed by atoms with Crippen molar-refractivity contribution in [3.63, 3.8) is 0 Å². The molecule has 4 atom stereocenters. The molecule has 2 N–H and O–H groups in total. The molecule has 0 amide bonds. The van der Waals surface area contributed by atoms with E-state index < -0.39 is 6.10 Å². The third kappa shape index (κ3) is 17.3. The van der Waals surface area contributed by atoms with Gasteiger partial charge in [0, 0.05) is 6.61 Å². The number of aliphatic hydroxyl groups excluding tert-OH is 2. The fourth-order valence-corrected chi connectivity index (χ4v) is 3.49. The number of rotatable bonds is 18. The van der Waals surface area contributed by atoms with E-state index in [1.807, 2.05) is 0 Å². The lowest BCUT2D eigenvalue weighted by Crippen LogP contribution is -2.20. The van der Waals surface area contributed by atoms with E-state index in [2.05, 4.69) is 34.6 Å². The summed E-state index contributed by atoms with van der Waals surface area (Å²) in [4.78, 5) is 0. The maximum absolute atomic E-state index is 9.22. The molecule has 0 spiro atoms. The van der Waals surface area contributed by atoms with E-state index in [0.717, 1.165) is 24.2 Å². The van der Waals surface area contributed by atoms with Gasteiger partial charge < -0.3 is 14.9 Å². The molecule has 0 aliphatic carbocycles. The molecular weight excluding hydrogens is 324 g/mol. The molecule has 0 radical (unpaired) electrons. The van der Waals surface area contributed by atoms with Gasteiger partial charge >= 0.3 is 0 Å². The van der Waals surface area contributed by atoms with Crippen LogP contribution in [0.25, 0.3) is 0 Å². The Balaban J connectivity index is 3.51. The Bertz CT molecular complexity index is 293. The zero-order valence-electron chi connectivity index (χ0n) is 18.4. The van der Waals surface area contributed by atoms with Crippen molar-refractivity contribution in [3.8, 4) is 0 Å². The van der Waals surface area contributed by atoms with Gasteiger partial charge in [-0.2, -0.15) is 0 Å². The predicted molar refractivity (Wildman–Crippen MR) is 112 cm³/mol. The van der Waals surface area contributed by atoms with Crippen LogP contribution in [-0.4, -0.2) is 36.1 Å². The van der Waals surface area contributed by atoms with Gasteiger partial charge in [0.1, 0.15) is 6.10 Å². The molecule has 26 heavy (non-hydrogen) atoms. The Labute approximate surface area is 163 Å². The van der Waals surface area contributed by atoms with Gasteiger partial charge in [0.2, 0.25) is 0 Å². The lowest BCUT2D eigenvalue weighted by Gasteiger charge is -2.16. The SMILES string of the molecule is CC(C)CCCC(C)CCCC(C)CCCC(C)CCOC[C@H](O)CO. The molecule has 0 bridgehead atoms. The number of hydrogen-bond donors (Lipinski definition) is 2. The van der Waals surface area contributed by atoms with Crippen molar-refractivity contribution in [2.45, 2.75) is 105 Å². The average Bonchev–Trinajstić information content (AvgIpc) is 2.58. The van der Waals surface area contributed by atoms with Crippen molar-refractivity contribution < 1.29 is 14.9 Å². The first kappa shape index (κ1) is 25.9. The van der Waals surface area contributed by atoms with Crippen LogP contribution in [0.3, 0.4) is 0 Å². The minimum atomic E-state index is -0.732. The highest BCUT2D eigenvalue weighted by atomic mass is 16.5. The summed E-state index contributed by atoms with van der Waals surface area (Å²) in [5.41, 5.74) is 0. The summed E-state index contributed by atoms with van der Waals surface area (Å²) in [5, 5.41) is 18.0. The lowest BCUT2D eigenvalue weighted by atomic mass is 9.91. The molecule has 3 unspecified atom stereocenters. The van der Waals surface area contributed by atoms with Crippen molar-refractivity contribution in [2.75, 3.05) is 19.8 Å². The van der Waals surface area contributed by atoms with E-state index in [0.29, 0.717) is 12.5 Å². The molecule has 3 heteroatoms. The van der Waals surface area contributed by atoms with E-state index in [1.54, 1.807) is 0 Å². The van der Waals surface area contributed by atoms with Gasteiger partial charge in [-0.25, -0.2) is 0 Å². The van der Waals surface area contributed by atoms with Crippen LogP contribution in [0.1, 0.15) is 98.8 Å². The molecule has 3 nitrogen and oxygen atoms in total. The quantitative estimate of drug-likeness (QED) is 0.298. The molecule has 0 saturated carbocycles. The molecule has 0 aliphatic rings. The topological polar surface area (TPSA) is 49.7 Å². The van der Waals surface area contributed by atoms with Crippen molar-refractivity contribution in [2.24, 2.45) is 23.7 Å². The van der Waals surface area contributed by atoms with E-state index in [-0.39, 0.29) is 13.2 Å². The van der Waals surface area contributed by atoms with Crippen LogP contribution >= 0.6 is 0 Å². The highest BCUT2D eigenvalue weighted by molar-refractivity contribution is 4.61. The minimum Gasteiger partial charge on any atom is -0.394 e. The predicted octanol–water partition coefficient (Wildman–Crippen LogP) is 5.82. The van der Waals surface area contributed by atoms with Crippen molar-refractivity contribution in [1.29, 1.82) is 0 Å². The summed E-state index contributed by atoms with van der Waals surface area (Å²) in [7, 11) is 0. The van der Waals surface area contributed by atoms with Gasteiger partial charge in [-0.1, -0.05) is 92.4 Å². The second-order valence-electron chi connectivity index (χ2n) is 9.20. The molecule has 0 aromatic carbocycles. The molecule has 0 aliphatic heterocycles. The Morgan fingerprint density at radius 3 is 1.50 bits per heavy atom. The fraction of sp³-hybridized carbons (Fsp3) is 1.00. The van der Waals surface area contributed by atoms with E-state index in [1.165, 1.54) is 57.8 Å². The molecule has 0 saturated heterocycles. The standard InChI is InChI=1S/C23H48O3/c1-19(2)9-6-10-20(3)11-7-12-21(4)13-8-14-22(5)15-16-26-18-23(25)17-24/h19-25H,6-18H2,1-5H3/t20?,21?,22?,23-/m1/s1. The van der Waals surface area contributed by atoms with Crippen LogP contribution in [0.2, 0.25) is 0 Å². The molecule has 0 fully saturated rings. The first-order valence-corrected chi connectivity index (χ1v) is 11.2. The van der Waals surface area contributed by atoms with Crippen molar-refractivity contribution >= 4 is 0 Å². The van der Waals surface area contributed by atoms with Crippen LogP contribution in [0.4, 0.5) is 0 Å². The third-order valence-corrected chi connectivity index (χ3v) is 5.54. The molecule has 158 valence electrons. The number of aliphatic hydroxyl groups is 2. The van der Waals surface area contributed by atoms with Crippen LogP contribution in [0, 0.1) is 23.7 Å². The lowest BCUT2D eigenvalue weighted by molar-refractivity contribution is 0.00294. The van der Waals surface area contributed by atoms with Crippen LogP contribution < -0.4 is 0 Å². The highest BCUT2D eigenvalue weighted by Crippen LogP contribution is 2.22. The summed E-state index contributed by atoms with van der Waals surface area (Å²) in [6.07, 6.45) is 12.6. The average molecular weight is 373 g/mol. The number of ether oxygens (including phenoxy) is 1. The Kier molecular flexibility index (Phi) is 16.9. The Hall–Kier alpha value is -0.120. The van der Waals surface area contributed by atoms with Gasteiger partial charge in [0.25, 0.3) is 0 Å². The van der Waals surface area contributed by atoms with Gasteiger partial charge in [-0.05, 0) is 30.1 Å². The monoisotopic (exact) mass is 372 g/mol. The normalized spacial score (nSPS) is 16.6. The summed E-state index contributed by atoms with van der Waals surface area (Å²) >= 11 is 0. The molecule has 0 heterocycles. The van der Waals surface area contributed by atoms with Crippen molar-refractivity contribution in [3.05, 3.63) is 0 Å². The van der Waals surface area contributed by atoms with Crippen LogP contribution in [0.5, 0.6) is 0 Å². The maximum atomic E-state index is 9.22. The molecule has 0 rings (SSSR count). The van der Waals surface area contributed by atoms with Gasteiger partial charge in [0.15, 0.2) is 0 Å². The Morgan fingerprint density at radius 2 is 1.08 bits per heavy atom. The molecular formula is C23H48O3. The van der Waals surface area contributed by atoms with E-state index in [4.69, 9.17) is 9.84 Å². The van der Waals surface area contributed by atoms with E-state index in [9.17, 15) is 5.11 Å². The summed E-state index contributed by atoms with van der Waals surface area (Å²) in [6, 6.07) is 0. The zero-order chi connectivity index (χ0) is 19.8. The smallest absolute Gasteiger partial charge is 0.100 e. The summed E-state index contributed by atoms with van der Waals surface area (Å²) in [6.45, 7) is 12.5. The van der Waals surface area contributed by atoms with Crippen molar-refractivity contribution in [1.82, 2.24) is 0 Å². The largest absolute Gasteiger partial charge is 0.394 e. The second kappa shape index (κ2) is 17.0. The highest BCUT2D eigenvalue weighted by Gasteiger charge is 2.08. The van der Waals surface area contributed by atoms with Gasteiger partial charge in [0.05, 0.1) is 13.2 Å². The first-order chi connectivity index (χ1) is 12.3. The molecule has 0 aromatic rings. The van der Waals surface area contributed by atoms with E-state index >= 15 is 0 Å². The minimum absolute atomic E-state index is 0.218. The van der Waals surface area contributed by atoms with Crippen LogP contribution in [0.15, 0.2) is 0 Å². The van der Waals surface area contributed by atoms with Gasteiger partial charge in [-0.3, -0.25) is 0 Å².